The third-order valence-corrected chi connectivity index (χ3v) is 3.64. The molecule has 7 heteroatoms. The number of ether oxygens (including phenoxy) is 2. The number of halogens is 1. The second-order valence-electron chi connectivity index (χ2n) is 5.19. The average Bonchev–Trinajstić information content (AvgIpc) is 2.61. The molecule has 0 heterocycles. The van der Waals surface area contributed by atoms with Gasteiger partial charge in [0.15, 0.2) is 0 Å². The summed E-state index contributed by atoms with van der Waals surface area (Å²) in [7, 11) is 3.07. The molecule has 2 aromatic carbocycles. The Morgan fingerprint density at radius 1 is 1.00 bits per heavy atom. The summed E-state index contributed by atoms with van der Waals surface area (Å²) in [6, 6.07) is 12.1. The molecule has 2 rings (SSSR count). The van der Waals surface area contributed by atoms with Crippen LogP contribution < -0.4 is 20.1 Å². The van der Waals surface area contributed by atoms with Gasteiger partial charge in [-0.2, -0.15) is 0 Å². The second-order valence-corrected chi connectivity index (χ2v) is 5.63. The molecule has 132 valence electrons. The van der Waals surface area contributed by atoms with Gasteiger partial charge in [-0.15, -0.1) is 0 Å². The highest BCUT2D eigenvalue weighted by molar-refractivity contribution is 6.31. The highest BCUT2D eigenvalue weighted by Crippen LogP contribution is 2.27. The van der Waals surface area contributed by atoms with Crippen molar-refractivity contribution in [1.82, 2.24) is 5.32 Å². The molecule has 0 bridgehead atoms. The second kappa shape index (κ2) is 8.94. The van der Waals surface area contributed by atoms with E-state index in [4.69, 9.17) is 21.1 Å². The van der Waals surface area contributed by atoms with Crippen molar-refractivity contribution in [3.63, 3.8) is 0 Å². The van der Waals surface area contributed by atoms with Gasteiger partial charge in [0, 0.05) is 5.02 Å². The van der Waals surface area contributed by atoms with E-state index in [0.717, 1.165) is 11.3 Å². The van der Waals surface area contributed by atoms with Crippen LogP contribution in [0, 0.1) is 0 Å². The first-order valence-corrected chi connectivity index (χ1v) is 7.92. The van der Waals surface area contributed by atoms with Crippen molar-refractivity contribution < 1.29 is 19.1 Å². The third kappa shape index (κ3) is 5.69. The van der Waals surface area contributed by atoms with Crippen LogP contribution >= 0.6 is 11.6 Å². The maximum absolute atomic E-state index is 12.0. The minimum absolute atomic E-state index is 0.148. The monoisotopic (exact) mass is 362 g/mol. The molecule has 6 nitrogen and oxygen atoms in total. The quantitative estimate of drug-likeness (QED) is 0.794. The lowest BCUT2D eigenvalue weighted by Gasteiger charge is -2.11. The maximum Gasteiger partial charge on any atom is 0.243 e. The molecule has 25 heavy (non-hydrogen) atoms. The molecule has 0 unspecified atom stereocenters. The zero-order chi connectivity index (χ0) is 18.2. The molecule has 0 saturated carbocycles. The Kier molecular flexibility index (Phi) is 6.65. The fourth-order valence-corrected chi connectivity index (χ4v) is 2.31. The fraction of sp³-hybridized carbons (Fsp3) is 0.222. The molecule has 2 aromatic rings. The number of anilines is 1. The van der Waals surface area contributed by atoms with E-state index in [0.29, 0.717) is 16.5 Å². The summed E-state index contributed by atoms with van der Waals surface area (Å²) in [6.45, 7) is -0.148. The van der Waals surface area contributed by atoms with Gasteiger partial charge in [-0.05, 0) is 35.9 Å². The Balaban J connectivity index is 1.84. The Morgan fingerprint density at radius 3 is 2.36 bits per heavy atom. The van der Waals surface area contributed by atoms with Crippen LogP contribution in [0.1, 0.15) is 5.56 Å². The lowest BCUT2D eigenvalue weighted by atomic mass is 10.1. The molecule has 0 fully saturated rings. The molecule has 0 saturated heterocycles. The van der Waals surface area contributed by atoms with Gasteiger partial charge in [-0.1, -0.05) is 23.7 Å². The predicted molar refractivity (Wildman–Crippen MR) is 96.3 cm³/mol. The highest BCUT2D eigenvalue weighted by Gasteiger charge is 2.10. The Bertz CT molecular complexity index is 747. The molecule has 0 aliphatic heterocycles. The predicted octanol–water partition coefficient (Wildman–Crippen LogP) is 2.65. The summed E-state index contributed by atoms with van der Waals surface area (Å²) >= 11 is 5.91. The van der Waals surface area contributed by atoms with Crippen LogP contribution in [0.5, 0.6) is 11.5 Å². The number of benzene rings is 2. The van der Waals surface area contributed by atoms with E-state index < -0.39 is 0 Å². The van der Waals surface area contributed by atoms with E-state index in [1.165, 1.54) is 7.11 Å². The molecule has 0 radical (unpaired) electrons. The van der Waals surface area contributed by atoms with Crippen molar-refractivity contribution in [2.24, 2.45) is 0 Å². The molecule has 0 aliphatic rings. The molecule has 0 atom stereocenters. The van der Waals surface area contributed by atoms with E-state index in [-0.39, 0.29) is 24.8 Å². The number of carbonyl (C=O) groups is 2. The summed E-state index contributed by atoms with van der Waals surface area (Å²) < 4.78 is 10.2. The highest BCUT2D eigenvalue weighted by atomic mass is 35.5. The maximum atomic E-state index is 12.0. The molecule has 0 spiro atoms. The summed E-state index contributed by atoms with van der Waals surface area (Å²) in [6.07, 6.45) is 0.178. The number of hydrogen-bond acceptors (Lipinski definition) is 4. The van der Waals surface area contributed by atoms with Gasteiger partial charge < -0.3 is 20.1 Å². The molecule has 2 amide bonds. The van der Waals surface area contributed by atoms with Crippen LogP contribution in [-0.2, 0) is 16.0 Å². The Labute approximate surface area is 151 Å². The van der Waals surface area contributed by atoms with Crippen LogP contribution in [0.15, 0.2) is 42.5 Å². The number of nitrogens with one attached hydrogen (secondary N) is 2. The third-order valence-electron chi connectivity index (χ3n) is 3.41. The van der Waals surface area contributed by atoms with Crippen LogP contribution in [0.2, 0.25) is 5.02 Å². The standard InChI is InChI=1S/C18H19ClN2O4/c1-24-14-6-3-12(4-7-14)9-17(22)20-11-18(23)21-15-10-13(19)5-8-16(15)25-2/h3-8,10H,9,11H2,1-2H3,(H,20,22)(H,21,23). The SMILES string of the molecule is COc1ccc(CC(=O)NCC(=O)Nc2cc(Cl)ccc2OC)cc1. The summed E-state index contributed by atoms with van der Waals surface area (Å²) in [5.41, 5.74) is 1.28. The first-order valence-electron chi connectivity index (χ1n) is 7.55. The van der Waals surface area contributed by atoms with Crippen LogP contribution in [0.4, 0.5) is 5.69 Å². The number of hydrogen-bond donors (Lipinski definition) is 2. The van der Waals surface area contributed by atoms with E-state index in [2.05, 4.69) is 10.6 Å². The summed E-state index contributed by atoms with van der Waals surface area (Å²) in [5.74, 6) is 0.586. The number of carbonyl (C=O) groups excluding carboxylic acids is 2. The Hall–Kier alpha value is -2.73. The lowest BCUT2D eigenvalue weighted by molar-refractivity contribution is -0.123. The van der Waals surface area contributed by atoms with E-state index in [9.17, 15) is 9.59 Å². The first-order chi connectivity index (χ1) is 12.0. The minimum Gasteiger partial charge on any atom is -0.497 e. The van der Waals surface area contributed by atoms with E-state index >= 15 is 0 Å². The Morgan fingerprint density at radius 2 is 1.72 bits per heavy atom. The van der Waals surface area contributed by atoms with Gasteiger partial charge in [0.1, 0.15) is 11.5 Å². The van der Waals surface area contributed by atoms with Crippen LogP contribution in [0.25, 0.3) is 0 Å². The van der Waals surface area contributed by atoms with Gasteiger partial charge >= 0.3 is 0 Å². The van der Waals surface area contributed by atoms with Gasteiger partial charge in [-0.3, -0.25) is 9.59 Å². The van der Waals surface area contributed by atoms with Crippen molar-refractivity contribution in [3.05, 3.63) is 53.1 Å². The first kappa shape index (κ1) is 18.6. The average molecular weight is 363 g/mol. The van der Waals surface area contributed by atoms with Gasteiger partial charge in [-0.25, -0.2) is 0 Å². The fourth-order valence-electron chi connectivity index (χ4n) is 2.14. The molecular weight excluding hydrogens is 344 g/mol. The van der Waals surface area contributed by atoms with Crippen LogP contribution in [-0.4, -0.2) is 32.6 Å². The van der Waals surface area contributed by atoms with E-state index in [1.807, 2.05) is 0 Å². The number of rotatable bonds is 7. The molecule has 2 N–H and O–H groups in total. The lowest BCUT2D eigenvalue weighted by Crippen LogP contribution is -2.33. The van der Waals surface area contributed by atoms with Crippen molar-refractivity contribution in [2.45, 2.75) is 6.42 Å². The van der Waals surface area contributed by atoms with Crippen LogP contribution in [0.3, 0.4) is 0 Å². The largest absolute Gasteiger partial charge is 0.497 e. The molecular formula is C18H19ClN2O4. The zero-order valence-corrected chi connectivity index (χ0v) is 14.7. The molecule has 0 aliphatic carbocycles. The van der Waals surface area contributed by atoms with Gasteiger partial charge in [0.05, 0.1) is 32.9 Å². The topological polar surface area (TPSA) is 76.7 Å². The van der Waals surface area contributed by atoms with Crippen molar-refractivity contribution in [2.75, 3.05) is 26.1 Å². The zero-order valence-electron chi connectivity index (χ0n) is 14.0. The number of methoxy groups -OCH3 is 2. The van der Waals surface area contributed by atoms with Crippen molar-refractivity contribution in [1.29, 1.82) is 0 Å². The van der Waals surface area contributed by atoms with E-state index in [1.54, 1.807) is 49.6 Å². The summed E-state index contributed by atoms with van der Waals surface area (Å²) in [4.78, 5) is 23.9. The van der Waals surface area contributed by atoms with Crippen molar-refractivity contribution >= 4 is 29.1 Å². The van der Waals surface area contributed by atoms with Gasteiger partial charge in [0.2, 0.25) is 11.8 Å². The smallest absolute Gasteiger partial charge is 0.243 e. The van der Waals surface area contributed by atoms with Crippen molar-refractivity contribution in [3.8, 4) is 11.5 Å². The summed E-state index contributed by atoms with van der Waals surface area (Å²) in [5, 5.41) is 5.70. The van der Waals surface area contributed by atoms with Gasteiger partial charge in [0.25, 0.3) is 0 Å². The molecule has 0 aromatic heterocycles. The normalized spacial score (nSPS) is 10.0. The minimum atomic E-state index is -0.372. The number of amides is 2.